The highest BCUT2D eigenvalue weighted by Crippen LogP contribution is 2.35. The van der Waals surface area contributed by atoms with Crippen molar-refractivity contribution >= 4 is 5.91 Å². The van der Waals surface area contributed by atoms with Gasteiger partial charge < -0.3 is 11.1 Å². The van der Waals surface area contributed by atoms with Gasteiger partial charge in [-0.25, -0.2) is 0 Å². The van der Waals surface area contributed by atoms with E-state index in [1.807, 2.05) is 0 Å². The van der Waals surface area contributed by atoms with Crippen molar-refractivity contribution in [2.24, 2.45) is 17.1 Å². The Morgan fingerprint density at radius 2 is 1.82 bits per heavy atom. The largest absolute Gasteiger partial charge is 0.355 e. The van der Waals surface area contributed by atoms with Crippen LogP contribution >= 0.6 is 0 Å². The summed E-state index contributed by atoms with van der Waals surface area (Å²) in [6.45, 7) is 5.68. The van der Waals surface area contributed by atoms with Crippen molar-refractivity contribution in [2.75, 3.05) is 13.1 Å². The Bertz CT molecular complexity index is 230. The van der Waals surface area contributed by atoms with E-state index >= 15 is 0 Å². The number of nitrogens with two attached hydrogens (primary N) is 1. The Labute approximate surface area is 106 Å². The van der Waals surface area contributed by atoms with Gasteiger partial charge in [-0.2, -0.15) is 0 Å². The average molecular weight is 240 g/mol. The lowest BCUT2D eigenvalue weighted by atomic mass is 9.73. The van der Waals surface area contributed by atoms with Gasteiger partial charge in [0.1, 0.15) is 0 Å². The van der Waals surface area contributed by atoms with Crippen molar-refractivity contribution in [3.05, 3.63) is 0 Å². The average Bonchev–Trinajstić information content (AvgIpc) is 2.40. The lowest BCUT2D eigenvalue weighted by Crippen LogP contribution is -2.48. The molecule has 3 heteroatoms. The molecule has 0 atom stereocenters. The molecule has 0 aromatic rings. The SMILES string of the molecule is CCC(CC)CNC(=O)C1(CN)CCCCC1. The molecule has 0 aliphatic heterocycles. The first-order chi connectivity index (χ1) is 8.18. The van der Waals surface area contributed by atoms with Crippen molar-refractivity contribution in [1.29, 1.82) is 0 Å². The first-order valence-corrected chi connectivity index (χ1v) is 7.17. The van der Waals surface area contributed by atoms with Gasteiger partial charge in [0.05, 0.1) is 5.41 Å². The van der Waals surface area contributed by atoms with Crippen LogP contribution in [0, 0.1) is 11.3 Å². The molecule has 0 spiro atoms. The molecule has 3 nitrogen and oxygen atoms in total. The van der Waals surface area contributed by atoms with Crippen LogP contribution in [0.15, 0.2) is 0 Å². The molecule has 0 unspecified atom stereocenters. The number of nitrogens with one attached hydrogen (secondary N) is 1. The highest BCUT2D eigenvalue weighted by atomic mass is 16.2. The van der Waals surface area contributed by atoms with Crippen LogP contribution in [0.5, 0.6) is 0 Å². The Kier molecular flexibility index (Phi) is 5.96. The molecule has 1 fully saturated rings. The molecule has 1 aliphatic rings. The Morgan fingerprint density at radius 3 is 2.29 bits per heavy atom. The van der Waals surface area contributed by atoms with Crippen LogP contribution in [0.25, 0.3) is 0 Å². The van der Waals surface area contributed by atoms with Gasteiger partial charge >= 0.3 is 0 Å². The van der Waals surface area contributed by atoms with Gasteiger partial charge in [-0.1, -0.05) is 46.0 Å². The molecule has 100 valence electrons. The Hall–Kier alpha value is -0.570. The predicted octanol–water partition coefficient (Wildman–Crippen LogP) is 2.45. The second-order valence-corrected chi connectivity index (χ2v) is 5.44. The number of carbonyl (C=O) groups excluding carboxylic acids is 1. The summed E-state index contributed by atoms with van der Waals surface area (Å²) in [4.78, 5) is 12.3. The molecule has 0 heterocycles. The van der Waals surface area contributed by atoms with Crippen molar-refractivity contribution < 1.29 is 4.79 Å². The Balaban J connectivity index is 2.48. The van der Waals surface area contributed by atoms with Crippen LogP contribution in [-0.2, 0) is 4.79 Å². The quantitative estimate of drug-likeness (QED) is 0.749. The maximum Gasteiger partial charge on any atom is 0.227 e. The second kappa shape index (κ2) is 7.00. The normalized spacial score (nSPS) is 19.3. The zero-order valence-electron chi connectivity index (χ0n) is 11.4. The molecule has 1 rings (SSSR count). The second-order valence-electron chi connectivity index (χ2n) is 5.44. The van der Waals surface area contributed by atoms with Crippen LogP contribution in [0.4, 0.5) is 0 Å². The van der Waals surface area contributed by atoms with Crippen LogP contribution in [0.3, 0.4) is 0 Å². The van der Waals surface area contributed by atoms with Crippen LogP contribution in [-0.4, -0.2) is 19.0 Å². The summed E-state index contributed by atoms with van der Waals surface area (Å²) in [5, 5.41) is 3.13. The van der Waals surface area contributed by atoms with E-state index in [2.05, 4.69) is 19.2 Å². The molecule has 1 amide bonds. The number of hydrogen-bond donors (Lipinski definition) is 2. The van der Waals surface area contributed by atoms with E-state index in [4.69, 9.17) is 5.73 Å². The summed E-state index contributed by atoms with van der Waals surface area (Å²) in [6, 6.07) is 0. The molecular formula is C14H28N2O. The zero-order valence-corrected chi connectivity index (χ0v) is 11.4. The summed E-state index contributed by atoms with van der Waals surface area (Å²) in [5.74, 6) is 0.809. The third-order valence-corrected chi connectivity index (χ3v) is 4.39. The summed E-state index contributed by atoms with van der Waals surface area (Å²) in [7, 11) is 0. The first kappa shape index (κ1) is 14.5. The van der Waals surface area contributed by atoms with E-state index in [9.17, 15) is 4.79 Å². The lowest BCUT2D eigenvalue weighted by molar-refractivity contribution is -0.132. The number of hydrogen-bond acceptors (Lipinski definition) is 2. The van der Waals surface area contributed by atoms with Gasteiger partial charge in [0, 0.05) is 13.1 Å². The highest BCUT2D eigenvalue weighted by molar-refractivity contribution is 5.83. The fourth-order valence-corrected chi connectivity index (χ4v) is 2.75. The molecule has 3 N–H and O–H groups in total. The minimum absolute atomic E-state index is 0.201. The number of carbonyl (C=O) groups is 1. The van der Waals surface area contributed by atoms with Gasteiger partial charge in [0.25, 0.3) is 0 Å². The van der Waals surface area contributed by atoms with Gasteiger partial charge in [0.15, 0.2) is 0 Å². The molecule has 0 saturated heterocycles. The summed E-state index contributed by atoms with van der Waals surface area (Å²) >= 11 is 0. The molecule has 0 radical (unpaired) electrons. The summed E-state index contributed by atoms with van der Waals surface area (Å²) in [6.07, 6.45) is 7.75. The van der Waals surface area contributed by atoms with Crippen LogP contribution in [0.2, 0.25) is 0 Å². The minimum atomic E-state index is -0.260. The van der Waals surface area contributed by atoms with E-state index in [0.717, 1.165) is 45.1 Å². The first-order valence-electron chi connectivity index (χ1n) is 7.17. The monoisotopic (exact) mass is 240 g/mol. The van der Waals surface area contributed by atoms with Gasteiger partial charge in [-0.15, -0.1) is 0 Å². The van der Waals surface area contributed by atoms with E-state index in [1.54, 1.807) is 0 Å². The van der Waals surface area contributed by atoms with E-state index in [-0.39, 0.29) is 11.3 Å². The van der Waals surface area contributed by atoms with Crippen molar-refractivity contribution in [1.82, 2.24) is 5.32 Å². The Morgan fingerprint density at radius 1 is 1.24 bits per heavy atom. The molecule has 0 bridgehead atoms. The topological polar surface area (TPSA) is 55.1 Å². The van der Waals surface area contributed by atoms with Crippen molar-refractivity contribution in [3.8, 4) is 0 Å². The van der Waals surface area contributed by atoms with Crippen LogP contribution < -0.4 is 11.1 Å². The van der Waals surface area contributed by atoms with E-state index in [1.165, 1.54) is 6.42 Å². The lowest BCUT2D eigenvalue weighted by Gasteiger charge is -2.35. The maximum absolute atomic E-state index is 12.3. The fourth-order valence-electron chi connectivity index (χ4n) is 2.75. The van der Waals surface area contributed by atoms with Gasteiger partial charge in [0.2, 0.25) is 5.91 Å². The van der Waals surface area contributed by atoms with E-state index in [0.29, 0.717) is 12.5 Å². The van der Waals surface area contributed by atoms with Crippen LogP contribution in [0.1, 0.15) is 58.8 Å². The molecule has 0 aromatic heterocycles. The van der Waals surface area contributed by atoms with E-state index < -0.39 is 0 Å². The number of rotatable bonds is 6. The third-order valence-electron chi connectivity index (χ3n) is 4.39. The standard InChI is InChI=1S/C14H28N2O/c1-3-12(4-2)10-16-13(17)14(11-15)8-6-5-7-9-14/h12H,3-11,15H2,1-2H3,(H,16,17). The fraction of sp³-hybridized carbons (Fsp3) is 0.929. The summed E-state index contributed by atoms with van der Waals surface area (Å²) < 4.78 is 0. The minimum Gasteiger partial charge on any atom is -0.355 e. The van der Waals surface area contributed by atoms with Crippen molar-refractivity contribution in [3.63, 3.8) is 0 Å². The molecule has 17 heavy (non-hydrogen) atoms. The predicted molar refractivity (Wildman–Crippen MR) is 71.7 cm³/mol. The smallest absolute Gasteiger partial charge is 0.227 e. The molecular weight excluding hydrogens is 212 g/mol. The number of amides is 1. The molecule has 0 aromatic carbocycles. The highest BCUT2D eigenvalue weighted by Gasteiger charge is 2.37. The zero-order chi connectivity index (χ0) is 12.7. The molecule has 1 saturated carbocycles. The molecule has 1 aliphatic carbocycles. The van der Waals surface area contributed by atoms with Crippen molar-refractivity contribution in [2.45, 2.75) is 58.8 Å². The maximum atomic E-state index is 12.3. The summed E-state index contributed by atoms with van der Waals surface area (Å²) in [5.41, 5.74) is 5.59. The van der Waals surface area contributed by atoms with Gasteiger partial charge in [-0.05, 0) is 18.8 Å². The third kappa shape index (κ3) is 3.70. The van der Waals surface area contributed by atoms with Gasteiger partial charge in [-0.3, -0.25) is 4.79 Å².